The molecule has 0 N–H and O–H groups in total. The third-order valence-electron chi connectivity index (χ3n) is 6.10. The second kappa shape index (κ2) is 11.3. The Labute approximate surface area is 215 Å². The molecule has 0 spiro atoms. The fourth-order valence-corrected chi connectivity index (χ4v) is 4.55. The Morgan fingerprint density at radius 1 is 0.909 bits per heavy atom. The first kappa shape index (κ1) is 25.5. The van der Waals surface area contributed by atoms with Crippen molar-refractivity contribution < 1.29 is 24.2 Å². The molecule has 0 heterocycles. The molecule has 0 amide bonds. The third kappa shape index (κ3) is 6.94. The number of benzene rings is 3. The largest absolute Gasteiger partial charge is 0.266 e. The maximum absolute atomic E-state index is 3.30. The quantitative estimate of drug-likeness (QED) is 0.228. The maximum atomic E-state index is 3.30. The van der Waals surface area contributed by atoms with Gasteiger partial charge in [-0.15, -0.1) is 12.5 Å². The van der Waals surface area contributed by atoms with E-state index in [0.29, 0.717) is 5.92 Å². The summed E-state index contributed by atoms with van der Waals surface area (Å²) in [6.45, 7) is 13.1. The van der Waals surface area contributed by atoms with E-state index in [4.69, 9.17) is 0 Å². The molecule has 2 aliphatic carbocycles. The zero-order valence-electron chi connectivity index (χ0n) is 20.8. The summed E-state index contributed by atoms with van der Waals surface area (Å²) < 4.78 is 2.21. The van der Waals surface area contributed by atoms with Crippen molar-refractivity contribution in [2.24, 2.45) is 5.92 Å². The molecule has 0 saturated carbocycles. The van der Waals surface area contributed by atoms with Crippen molar-refractivity contribution in [3.8, 4) is 11.1 Å². The van der Waals surface area contributed by atoms with Crippen molar-refractivity contribution in [2.45, 2.75) is 53.4 Å². The third-order valence-corrected chi connectivity index (χ3v) is 6.91. The standard InChI is InChI=1S/C13H9.C11H14.C8H11.Zr/c1-3-7-12-10(5-1)9-11-6-2-4-8-13(11)12;1-9-5-7-10(8-6-9)11(2,3)4;1-6-4-7(2)8(3)5-6;/h1-5,7-8H,9H2;1,5-8H,2-4H3;4,6H,1-3H3;/q-1;;-1;+2. The van der Waals surface area contributed by atoms with Gasteiger partial charge in [0.15, 0.2) is 0 Å². The minimum absolute atomic E-state index is 0.277. The minimum atomic E-state index is 0.277. The van der Waals surface area contributed by atoms with Crippen molar-refractivity contribution in [1.29, 1.82) is 0 Å². The van der Waals surface area contributed by atoms with Gasteiger partial charge in [0.05, 0.1) is 0 Å². The predicted molar refractivity (Wildman–Crippen MR) is 139 cm³/mol. The first-order valence-electron chi connectivity index (χ1n) is 11.7. The summed E-state index contributed by atoms with van der Waals surface area (Å²) in [4.78, 5) is 0. The second-order valence-electron chi connectivity index (χ2n) is 9.82. The normalized spacial score (nSPS) is 15.7. The van der Waals surface area contributed by atoms with Crippen LogP contribution >= 0.6 is 0 Å². The van der Waals surface area contributed by atoms with Gasteiger partial charge in [0.2, 0.25) is 0 Å². The van der Waals surface area contributed by atoms with Crippen molar-refractivity contribution in [3.63, 3.8) is 0 Å². The van der Waals surface area contributed by atoms with Gasteiger partial charge in [0, 0.05) is 0 Å². The molecule has 0 fully saturated rings. The summed E-state index contributed by atoms with van der Waals surface area (Å²) in [7, 11) is 0. The average molecular weight is 510 g/mol. The molecule has 0 saturated heterocycles. The molecule has 0 nitrogen and oxygen atoms in total. The molecule has 5 rings (SSSR count). The topological polar surface area (TPSA) is 0 Å². The van der Waals surface area contributed by atoms with Crippen LogP contribution in [0.25, 0.3) is 11.1 Å². The number of hydrogen-bond donors (Lipinski definition) is 0. The van der Waals surface area contributed by atoms with Crippen LogP contribution < -0.4 is 0 Å². The van der Waals surface area contributed by atoms with Gasteiger partial charge in [-0.05, 0) is 6.42 Å². The van der Waals surface area contributed by atoms with E-state index in [2.05, 4.69) is 124 Å². The predicted octanol–water partition coefficient (Wildman–Crippen LogP) is 8.07. The summed E-state index contributed by atoms with van der Waals surface area (Å²) in [5.41, 5.74) is 11.2. The van der Waals surface area contributed by atoms with Crippen molar-refractivity contribution in [1.82, 2.24) is 0 Å². The van der Waals surface area contributed by atoms with E-state index in [9.17, 15) is 0 Å². The summed E-state index contributed by atoms with van der Waals surface area (Å²) in [5.74, 6) is 0.551. The number of allylic oxidation sites excluding steroid dienone is 4. The fraction of sp³-hybridized carbons (Fsp3) is 0.281. The Hall–Kier alpha value is -2.11. The monoisotopic (exact) mass is 508 g/mol. The molecule has 0 radical (unpaired) electrons. The van der Waals surface area contributed by atoms with Crippen LogP contribution in [0.3, 0.4) is 0 Å². The molecule has 0 aromatic heterocycles. The number of fused-ring (bicyclic) bond motifs is 3. The van der Waals surface area contributed by atoms with E-state index < -0.39 is 0 Å². The second-order valence-corrected chi connectivity index (χ2v) is 10.5. The first-order valence-corrected chi connectivity index (χ1v) is 13.1. The van der Waals surface area contributed by atoms with E-state index in [-0.39, 0.29) is 5.41 Å². The first-order chi connectivity index (χ1) is 15.7. The molecular formula is C32H34Zr. The number of hydrogen-bond acceptors (Lipinski definition) is 0. The average Bonchev–Trinajstić information content (AvgIpc) is 3.32. The van der Waals surface area contributed by atoms with Gasteiger partial charge in [-0.1, -0.05) is 55.2 Å². The summed E-state index contributed by atoms with van der Waals surface area (Å²) in [6, 6.07) is 26.9. The summed E-state index contributed by atoms with van der Waals surface area (Å²) in [6.07, 6.45) is 6.57. The molecule has 3 aromatic carbocycles. The van der Waals surface area contributed by atoms with Crippen molar-refractivity contribution in [2.75, 3.05) is 0 Å². The van der Waals surface area contributed by atoms with E-state index in [1.54, 1.807) is 0 Å². The van der Waals surface area contributed by atoms with E-state index >= 15 is 0 Å². The van der Waals surface area contributed by atoms with Crippen LogP contribution in [0.1, 0.15) is 63.8 Å². The van der Waals surface area contributed by atoms with Crippen LogP contribution in [0.4, 0.5) is 0 Å². The molecule has 0 bridgehead atoms. The molecule has 1 unspecified atom stereocenters. The van der Waals surface area contributed by atoms with Crippen LogP contribution in [0.5, 0.6) is 0 Å². The minimum Gasteiger partial charge on any atom is -0.266 e. The SMILES string of the molecule is CC(C)(C)c1ccc([CH]=[Zr+2])cc1.CC1=[C-]C(C)C=C1C.[c-]1cccc2c1Cc1ccccc1-2. The van der Waals surface area contributed by atoms with E-state index in [1.807, 2.05) is 6.07 Å². The molecule has 1 atom stereocenters. The van der Waals surface area contributed by atoms with E-state index in [0.717, 1.165) is 6.42 Å². The molecule has 1 heteroatoms. The van der Waals surface area contributed by atoms with Crippen molar-refractivity contribution in [3.05, 3.63) is 118 Å². The van der Waals surface area contributed by atoms with Gasteiger partial charge >= 0.3 is 89.5 Å². The molecule has 2 aliphatic rings. The van der Waals surface area contributed by atoms with Crippen LogP contribution in [0.15, 0.2) is 84.0 Å². The van der Waals surface area contributed by atoms with Gasteiger partial charge in [0.25, 0.3) is 0 Å². The Balaban J connectivity index is 0.000000144. The van der Waals surface area contributed by atoms with Crippen LogP contribution in [0, 0.1) is 18.1 Å². The molecular weight excluding hydrogens is 476 g/mol. The van der Waals surface area contributed by atoms with Crippen LogP contribution in [-0.4, -0.2) is 3.71 Å². The van der Waals surface area contributed by atoms with Gasteiger partial charge < -0.3 is 0 Å². The van der Waals surface area contributed by atoms with Gasteiger partial charge in [-0.2, -0.15) is 35.9 Å². The summed E-state index contributed by atoms with van der Waals surface area (Å²) >= 11 is 1.46. The number of rotatable bonds is 1. The molecule has 0 aliphatic heterocycles. The molecule has 33 heavy (non-hydrogen) atoms. The van der Waals surface area contributed by atoms with Crippen LogP contribution in [-0.2, 0) is 36.1 Å². The Bertz CT molecular complexity index is 1090. The van der Waals surface area contributed by atoms with Gasteiger partial charge in [-0.25, -0.2) is 11.1 Å². The maximum Gasteiger partial charge on any atom is -0.0253 e. The zero-order valence-corrected chi connectivity index (χ0v) is 23.2. The molecule has 166 valence electrons. The molecule has 3 aromatic rings. The van der Waals surface area contributed by atoms with Gasteiger partial charge in [-0.3, -0.25) is 6.08 Å². The Kier molecular flexibility index (Phi) is 8.77. The van der Waals surface area contributed by atoms with E-state index in [1.165, 1.54) is 68.8 Å². The fourth-order valence-electron chi connectivity index (χ4n) is 4.07. The summed E-state index contributed by atoms with van der Waals surface area (Å²) in [5, 5.41) is 0. The van der Waals surface area contributed by atoms with Crippen molar-refractivity contribution >= 4 is 3.71 Å². The van der Waals surface area contributed by atoms with Crippen LogP contribution in [0.2, 0.25) is 0 Å². The Morgan fingerprint density at radius 2 is 1.58 bits per heavy atom. The Morgan fingerprint density at radius 3 is 2.12 bits per heavy atom. The zero-order chi connectivity index (χ0) is 24.0. The smallest absolute Gasteiger partial charge is 0.0253 e. The van der Waals surface area contributed by atoms with Gasteiger partial charge in [0.1, 0.15) is 0 Å².